The van der Waals surface area contributed by atoms with Crippen LogP contribution >= 0.6 is 0 Å². The summed E-state index contributed by atoms with van der Waals surface area (Å²) < 4.78 is 5.59. The Bertz CT molecular complexity index is 1070. The van der Waals surface area contributed by atoms with Crippen LogP contribution in [0.5, 0.6) is 0 Å². The first-order valence-electron chi connectivity index (χ1n) is 9.16. The van der Waals surface area contributed by atoms with E-state index in [1.54, 1.807) is 17.3 Å². The van der Waals surface area contributed by atoms with Gasteiger partial charge in [-0.2, -0.15) is 0 Å². The Kier molecular flexibility index (Phi) is 4.06. The molecular weight excluding hydrogens is 342 g/mol. The number of carbonyl (C=O) groups excluding carboxylic acids is 1. The number of benzene rings is 1. The number of carbonyl (C=O) groups is 1. The van der Waals surface area contributed by atoms with Crippen molar-refractivity contribution in [3.63, 3.8) is 0 Å². The third-order valence-electron chi connectivity index (χ3n) is 4.74. The van der Waals surface area contributed by atoms with Crippen LogP contribution < -0.4 is 10.5 Å². The van der Waals surface area contributed by atoms with Gasteiger partial charge in [0, 0.05) is 29.9 Å². The van der Waals surface area contributed by atoms with E-state index in [1.165, 1.54) is 0 Å². The maximum Gasteiger partial charge on any atom is 0.414 e. The van der Waals surface area contributed by atoms with E-state index in [0.29, 0.717) is 12.1 Å². The molecule has 3 heterocycles. The quantitative estimate of drug-likeness (QED) is 0.678. The summed E-state index contributed by atoms with van der Waals surface area (Å²) in [6.07, 6.45) is 5.00. The van der Waals surface area contributed by atoms with Gasteiger partial charge in [-0.05, 0) is 56.9 Å². The Balaban J connectivity index is 1.79. The molecule has 0 fully saturated rings. The number of fused-ring (bicyclic) bond motifs is 2. The number of aryl methyl sites for hydroxylation is 1. The molecular formula is C21H23N3O3. The lowest BCUT2D eigenvalue weighted by atomic mass is 9.96. The molecule has 6 nitrogen and oxygen atoms in total. The summed E-state index contributed by atoms with van der Waals surface area (Å²) in [5.74, 6) is 0. The molecule has 6 heteroatoms. The smallest absolute Gasteiger partial charge is 0.414 e. The molecule has 0 saturated carbocycles. The third-order valence-corrected chi connectivity index (χ3v) is 4.74. The summed E-state index contributed by atoms with van der Waals surface area (Å²) in [4.78, 5) is 32.1. The lowest BCUT2D eigenvalue weighted by molar-refractivity contribution is 0.0578. The van der Waals surface area contributed by atoms with Gasteiger partial charge >= 0.3 is 6.09 Å². The van der Waals surface area contributed by atoms with Crippen LogP contribution in [0.1, 0.15) is 32.8 Å². The van der Waals surface area contributed by atoms with E-state index < -0.39 is 5.60 Å². The van der Waals surface area contributed by atoms with Gasteiger partial charge in [-0.1, -0.05) is 12.1 Å². The minimum atomic E-state index is -0.539. The second-order valence-corrected chi connectivity index (χ2v) is 7.88. The molecule has 27 heavy (non-hydrogen) atoms. The Morgan fingerprint density at radius 3 is 2.78 bits per heavy atom. The van der Waals surface area contributed by atoms with Crippen LogP contribution in [0.25, 0.3) is 22.0 Å². The highest BCUT2D eigenvalue weighted by molar-refractivity contribution is 5.96. The van der Waals surface area contributed by atoms with Crippen LogP contribution in [0.15, 0.2) is 41.5 Å². The normalized spacial score (nSPS) is 14.3. The van der Waals surface area contributed by atoms with Gasteiger partial charge in [0.15, 0.2) is 0 Å². The first kappa shape index (κ1) is 17.4. The van der Waals surface area contributed by atoms with E-state index in [-0.39, 0.29) is 11.7 Å². The van der Waals surface area contributed by atoms with Gasteiger partial charge in [-0.25, -0.2) is 4.79 Å². The molecule has 1 aromatic carbocycles. The van der Waals surface area contributed by atoms with Crippen LogP contribution in [-0.4, -0.2) is 28.2 Å². The van der Waals surface area contributed by atoms with Crippen LogP contribution in [0.4, 0.5) is 10.5 Å². The average Bonchev–Trinajstić information content (AvgIpc) is 3.10. The molecule has 1 aliphatic heterocycles. The molecule has 0 atom stereocenters. The fourth-order valence-electron chi connectivity index (χ4n) is 3.56. The van der Waals surface area contributed by atoms with E-state index in [1.807, 2.05) is 39.0 Å². The first-order chi connectivity index (χ1) is 12.8. The summed E-state index contributed by atoms with van der Waals surface area (Å²) >= 11 is 0. The van der Waals surface area contributed by atoms with E-state index >= 15 is 0 Å². The summed E-state index contributed by atoms with van der Waals surface area (Å²) in [6, 6.07) is 8.01. The number of hydrogen-bond donors (Lipinski definition) is 2. The topological polar surface area (TPSA) is 78.2 Å². The van der Waals surface area contributed by atoms with Gasteiger partial charge in [-0.15, -0.1) is 0 Å². The Hall–Kier alpha value is -3.02. The average molecular weight is 365 g/mol. The molecule has 4 rings (SSSR count). The number of pyridine rings is 1. The fourth-order valence-corrected chi connectivity index (χ4v) is 3.56. The van der Waals surface area contributed by atoms with Crippen molar-refractivity contribution in [3.05, 3.63) is 52.6 Å². The standard InChI is InChI=1S/C21H23N3O3/c1-21(2,3)27-20(26)24-10-4-5-13-6-7-14(11-17(13)24)16-12-23-19(25)18-15(16)8-9-22-18/h6-9,11-12,22H,4-5,10H2,1-3H3,(H,23,25). The van der Waals surface area contributed by atoms with E-state index in [2.05, 4.69) is 16.0 Å². The highest BCUT2D eigenvalue weighted by atomic mass is 16.6. The van der Waals surface area contributed by atoms with Gasteiger partial charge in [0.25, 0.3) is 5.56 Å². The number of aromatic nitrogens is 2. The second-order valence-electron chi connectivity index (χ2n) is 7.88. The van der Waals surface area contributed by atoms with Crippen LogP contribution in [0, 0.1) is 0 Å². The maximum atomic E-state index is 12.7. The number of aromatic amines is 2. The van der Waals surface area contributed by atoms with Crippen molar-refractivity contribution in [3.8, 4) is 11.1 Å². The summed E-state index contributed by atoms with van der Waals surface area (Å²) in [7, 11) is 0. The second kappa shape index (κ2) is 6.30. The van der Waals surface area contributed by atoms with Gasteiger partial charge in [-0.3, -0.25) is 9.69 Å². The summed E-state index contributed by atoms with van der Waals surface area (Å²) in [5, 5.41) is 0.860. The molecule has 0 bridgehead atoms. The molecule has 0 saturated heterocycles. The number of anilines is 1. The highest BCUT2D eigenvalue weighted by Gasteiger charge is 2.27. The summed E-state index contributed by atoms with van der Waals surface area (Å²) in [5.41, 5.74) is 3.74. The Labute approximate surface area is 157 Å². The van der Waals surface area contributed by atoms with Crippen molar-refractivity contribution in [1.29, 1.82) is 0 Å². The summed E-state index contributed by atoms with van der Waals surface area (Å²) in [6.45, 7) is 6.25. The predicted molar refractivity (Wildman–Crippen MR) is 106 cm³/mol. The van der Waals surface area contributed by atoms with Gasteiger partial charge < -0.3 is 14.7 Å². The lowest BCUT2D eigenvalue weighted by Gasteiger charge is -2.32. The molecule has 0 unspecified atom stereocenters. The van der Waals surface area contributed by atoms with Gasteiger partial charge in [0.05, 0.1) is 5.69 Å². The van der Waals surface area contributed by atoms with Gasteiger partial charge in [0.1, 0.15) is 11.1 Å². The number of H-pyrrole nitrogens is 2. The minimum absolute atomic E-state index is 0.146. The van der Waals surface area contributed by atoms with Crippen LogP contribution in [0.3, 0.4) is 0 Å². The van der Waals surface area contributed by atoms with E-state index in [4.69, 9.17) is 4.74 Å². The largest absolute Gasteiger partial charge is 0.443 e. The number of nitrogens with zero attached hydrogens (tertiary/aromatic N) is 1. The SMILES string of the molecule is CC(C)(C)OC(=O)N1CCCc2ccc(-c3c[nH]c(=O)c4[nH]ccc34)cc21. The van der Waals surface area contributed by atoms with Gasteiger partial charge in [0.2, 0.25) is 0 Å². The van der Waals surface area contributed by atoms with E-state index in [0.717, 1.165) is 40.6 Å². The first-order valence-corrected chi connectivity index (χ1v) is 9.16. The lowest BCUT2D eigenvalue weighted by Crippen LogP contribution is -2.39. The van der Waals surface area contributed by atoms with E-state index in [9.17, 15) is 9.59 Å². The number of rotatable bonds is 1. The van der Waals surface area contributed by atoms with Crippen molar-refractivity contribution in [2.24, 2.45) is 0 Å². The number of ether oxygens (including phenoxy) is 1. The fraction of sp³-hybridized carbons (Fsp3) is 0.333. The van der Waals surface area contributed by atoms with Crippen molar-refractivity contribution in [2.75, 3.05) is 11.4 Å². The van der Waals surface area contributed by atoms with Crippen molar-refractivity contribution in [2.45, 2.75) is 39.2 Å². The molecule has 140 valence electrons. The molecule has 3 aromatic rings. The van der Waals surface area contributed by atoms with Crippen molar-refractivity contribution >= 4 is 22.7 Å². The number of nitrogens with one attached hydrogen (secondary N) is 2. The zero-order valence-electron chi connectivity index (χ0n) is 15.8. The van der Waals surface area contributed by atoms with Crippen molar-refractivity contribution in [1.82, 2.24) is 9.97 Å². The van der Waals surface area contributed by atoms with Crippen LogP contribution in [-0.2, 0) is 11.2 Å². The zero-order valence-corrected chi connectivity index (χ0v) is 15.8. The van der Waals surface area contributed by atoms with Crippen molar-refractivity contribution < 1.29 is 9.53 Å². The predicted octanol–water partition coefficient (Wildman–Crippen LogP) is 4.21. The molecule has 1 aliphatic rings. The monoisotopic (exact) mass is 365 g/mol. The Morgan fingerprint density at radius 2 is 2.00 bits per heavy atom. The zero-order chi connectivity index (χ0) is 19.2. The molecule has 0 spiro atoms. The number of hydrogen-bond acceptors (Lipinski definition) is 3. The molecule has 2 aromatic heterocycles. The number of amides is 1. The minimum Gasteiger partial charge on any atom is -0.443 e. The Morgan fingerprint density at radius 1 is 1.19 bits per heavy atom. The highest BCUT2D eigenvalue weighted by Crippen LogP contribution is 2.34. The third kappa shape index (κ3) is 3.23. The molecule has 0 radical (unpaired) electrons. The van der Waals surface area contributed by atoms with Crippen LogP contribution in [0.2, 0.25) is 0 Å². The molecule has 2 N–H and O–H groups in total. The maximum absolute atomic E-state index is 12.7. The molecule has 1 amide bonds. The molecule has 0 aliphatic carbocycles.